The molecule has 1 amide bonds. The number of amides is 1. The molecule has 6 nitrogen and oxygen atoms in total. The summed E-state index contributed by atoms with van der Waals surface area (Å²) >= 11 is 0. The second-order valence-corrected chi connectivity index (χ2v) is 4.96. The smallest absolute Gasteiger partial charge is 0.238 e. The van der Waals surface area contributed by atoms with Gasteiger partial charge in [-0.25, -0.2) is 0 Å². The van der Waals surface area contributed by atoms with Crippen molar-refractivity contribution < 1.29 is 15.0 Å². The molecule has 0 saturated carbocycles. The Morgan fingerprint density at radius 1 is 1.45 bits per heavy atom. The maximum atomic E-state index is 12.0. The van der Waals surface area contributed by atoms with E-state index in [1.54, 1.807) is 25.2 Å². The van der Waals surface area contributed by atoms with E-state index in [1.807, 2.05) is 11.8 Å². The predicted molar refractivity (Wildman–Crippen MR) is 75.6 cm³/mol. The number of rotatable bonds is 3. The largest absolute Gasteiger partial charge is 0.507 e. The van der Waals surface area contributed by atoms with Gasteiger partial charge in [0, 0.05) is 32.7 Å². The molecule has 1 aromatic carbocycles. The zero-order valence-electron chi connectivity index (χ0n) is 11.8. The number of likely N-dealkylation sites (N-methyl/N-ethyl adjacent to an activating group) is 1. The number of benzene rings is 1. The zero-order valence-corrected chi connectivity index (χ0v) is 11.8. The van der Waals surface area contributed by atoms with E-state index in [4.69, 9.17) is 0 Å². The molecule has 2 atom stereocenters. The summed E-state index contributed by atoms with van der Waals surface area (Å²) in [6.45, 7) is 3.88. The minimum Gasteiger partial charge on any atom is -0.507 e. The van der Waals surface area contributed by atoms with Crippen molar-refractivity contribution in [1.29, 1.82) is 0 Å². The quantitative estimate of drug-likeness (QED) is 0.634. The van der Waals surface area contributed by atoms with Crippen LogP contribution in [0.2, 0.25) is 0 Å². The number of carbonyl (C=O) groups is 1. The summed E-state index contributed by atoms with van der Waals surface area (Å²) in [7, 11) is 1.61. The van der Waals surface area contributed by atoms with E-state index in [0.29, 0.717) is 18.7 Å². The summed E-state index contributed by atoms with van der Waals surface area (Å²) in [5.41, 5.74) is 0.461. The van der Waals surface area contributed by atoms with E-state index in [2.05, 4.69) is 10.6 Å². The number of nitrogens with one attached hydrogen (secondary N) is 2. The predicted octanol–water partition coefficient (Wildman–Crippen LogP) is 0.179. The third kappa shape index (κ3) is 2.71. The summed E-state index contributed by atoms with van der Waals surface area (Å²) in [4.78, 5) is 14.0. The molecule has 2 unspecified atom stereocenters. The number of hydrogen-bond donors (Lipinski definition) is 4. The summed E-state index contributed by atoms with van der Waals surface area (Å²) in [6.07, 6.45) is 0. The highest BCUT2D eigenvalue weighted by Crippen LogP contribution is 2.36. The van der Waals surface area contributed by atoms with Gasteiger partial charge in [-0.05, 0) is 19.1 Å². The van der Waals surface area contributed by atoms with E-state index in [9.17, 15) is 15.0 Å². The van der Waals surface area contributed by atoms with Gasteiger partial charge >= 0.3 is 0 Å². The third-order valence-electron chi connectivity index (χ3n) is 3.81. The average Bonchev–Trinajstić information content (AvgIpc) is 2.46. The highest BCUT2D eigenvalue weighted by atomic mass is 16.3. The first kappa shape index (κ1) is 14.6. The Morgan fingerprint density at radius 3 is 2.70 bits per heavy atom. The molecule has 0 bridgehead atoms. The van der Waals surface area contributed by atoms with E-state index >= 15 is 0 Å². The molecular formula is C14H21N3O3. The van der Waals surface area contributed by atoms with Crippen molar-refractivity contribution in [3.05, 3.63) is 23.8 Å². The Hall–Kier alpha value is -1.79. The van der Waals surface area contributed by atoms with Crippen LogP contribution in [0.3, 0.4) is 0 Å². The van der Waals surface area contributed by atoms with Crippen LogP contribution < -0.4 is 10.6 Å². The van der Waals surface area contributed by atoms with Gasteiger partial charge < -0.3 is 20.8 Å². The molecule has 110 valence electrons. The number of aromatic hydroxyl groups is 2. The number of nitrogens with zero attached hydrogens (tertiary/aromatic N) is 1. The van der Waals surface area contributed by atoms with Crippen LogP contribution in [0.5, 0.6) is 11.5 Å². The number of hydrogen-bond acceptors (Lipinski definition) is 5. The Morgan fingerprint density at radius 2 is 2.10 bits per heavy atom. The number of phenols is 2. The first-order valence-electron chi connectivity index (χ1n) is 6.75. The SMILES string of the molecule is CNC(=O)C1CNCCN1C(C)c1c(O)cccc1O. The normalized spacial score (nSPS) is 21.4. The summed E-state index contributed by atoms with van der Waals surface area (Å²) in [5.74, 6) is 0.0253. The number of carbonyl (C=O) groups excluding carboxylic acids is 1. The van der Waals surface area contributed by atoms with Crippen LogP contribution in [0, 0.1) is 0 Å². The van der Waals surface area contributed by atoms with E-state index in [-0.39, 0.29) is 29.5 Å². The Balaban J connectivity index is 2.30. The highest BCUT2D eigenvalue weighted by molar-refractivity contribution is 5.82. The molecule has 0 aliphatic carbocycles. The lowest BCUT2D eigenvalue weighted by atomic mass is 10.0. The van der Waals surface area contributed by atoms with Crippen molar-refractivity contribution in [2.24, 2.45) is 0 Å². The van der Waals surface area contributed by atoms with Gasteiger partial charge in [0.2, 0.25) is 5.91 Å². The van der Waals surface area contributed by atoms with Crippen molar-refractivity contribution in [2.75, 3.05) is 26.7 Å². The first-order valence-corrected chi connectivity index (χ1v) is 6.75. The second kappa shape index (κ2) is 6.11. The minimum absolute atomic E-state index is 0.0479. The molecule has 0 aromatic heterocycles. The van der Waals surface area contributed by atoms with Crippen LogP contribution in [0.15, 0.2) is 18.2 Å². The van der Waals surface area contributed by atoms with Gasteiger partial charge in [-0.15, -0.1) is 0 Å². The van der Waals surface area contributed by atoms with Crippen molar-refractivity contribution in [2.45, 2.75) is 19.0 Å². The van der Waals surface area contributed by atoms with Gasteiger partial charge in [0.15, 0.2) is 0 Å². The molecule has 4 N–H and O–H groups in total. The zero-order chi connectivity index (χ0) is 14.7. The fourth-order valence-corrected chi connectivity index (χ4v) is 2.73. The number of phenolic OH excluding ortho intramolecular Hbond substituents is 2. The molecule has 1 aliphatic heterocycles. The molecule has 6 heteroatoms. The molecule has 1 heterocycles. The van der Waals surface area contributed by atoms with Crippen LogP contribution in [0.25, 0.3) is 0 Å². The van der Waals surface area contributed by atoms with Crippen LogP contribution in [0.1, 0.15) is 18.5 Å². The summed E-state index contributed by atoms with van der Waals surface area (Å²) in [6, 6.07) is 4.11. The van der Waals surface area contributed by atoms with Gasteiger partial charge in [0.1, 0.15) is 17.5 Å². The molecule has 0 spiro atoms. The highest BCUT2D eigenvalue weighted by Gasteiger charge is 2.33. The van der Waals surface area contributed by atoms with Gasteiger partial charge in [-0.2, -0.15) is 0 Å². The Kier molecular flexibility index (Phi) is 4.46. The van der Waals surface area contributed by atoms with Crippen LogP contribution >= 0.6 is 0 Å². The van der Waals surface area contributed by atoms with Crippen molar-refractivity contribution in [3.8, 4) is 11.5 Å². The maximum absolute atomic E-state index is 12.0. The van der Waals surface area contributed by atoms with Crippen molar-refractivity contribution >= 4 is 5.91 Å². The average molecular weight is 279 g/mol. The molecule has 0 radical (unpaired) electrons. The van der Waals surface area contributed by atoms with E-state index in [0.717, 1.165) is 6.54 Å². The van der Waals surface area contributed by atoms with Crippen LogP contribution in [0.4, 0.5) is 0 Å². The lowest BCUT2D eigenvalue weighted by Crippen LogP contribution is -2.57. The Bertz CT molecular complexity index is 472. The van der Waals surface area contributed by atoms with Gasteiger partial charge in [0.05, 0.1) is 5.56 Å². The van der Waals surface area contributed by atoms with E-state index < -0.39 is 0 Å². The van der Waals surface area contributed by atoms with Crippen molar-refractivity contribution in [3.63, 3.8) is 0 Å². The van der Waals surface area contributed by atoms with Gasteiger partial charge in [0.25, 0.3) is 0 Å². The first-order chi connectivity index (χ1) is 9.56. The topological polar surface area (TPSA) is 84.8 Å². The Labute approximate surface area is 118 Å². The molecule has 20 heavy (non-hydrogen) atoms. The van der Waals surface area contributed by atoms with Gasteiger partial charge in [-0.1, -0.05) is 6.07 Å². The van der Waals surface area contributed by atoms with Crippen LogP contribution in [-0.4, -0.2) is 53.7 Å². The third-order valence-corrected chi connectivity index (χ3v) is 3.81. The molecule has 1 fully saturated rings. The molecular weight excluding hydrogens is 258 g/mol. The molecule has 1 aromatic rings. The standard InChI is InChI=1S/C14H21N3O3/c1-9(13-11(18)4-3-5-12(13)19)17-7-6-16-8-10(17)14(20)15-2/h3-5,9-10,16,18-19H,6-8H2,1-2H3,(H,15,20). The lowest BCUT2D eigenvalue weighted by Gasteiger charge is -2.39. The summed E-state index contributed by atoms with van der Waals surface area (Å²) in [5, 5.41) is 25.8. The lowest BCUT2D eigenvalue weighted by molar-refractivity contribution is -0.127. The number of piperazine rings is 1. The molecule has 1 aliphatic rings. The van der Waals surface area contributed by atoms with E-state index in [1.165, 1.54) is 0 Å². The minimum atomic E-state index is -0.317. The fourth-order valence-electron chi connectivity index (χ4n) is 2.73. The fraction of sp³-hybridized carbons (Fsp3) is 0.500. The van der Waals surface area contributed by atoms with Crippen LogP contribution in [-0.2, 0) is 4.79 Å². The summed E-state index contributed by atoms with van der Waals surface area (Å²) < 4.78 is 0. The molecule has 1 saturated heterocycles. The monoisotopic (exact) mass is 279 g/mol. The second-order valence-electron chi connectivity index (χ2n) is 4.96. The maximum Gasteiger partial charge on any atom is 0.238 e. The van der Waals surface area contributed by atoms with Gasteiger partial charge in [-0.3, -0.25) is 9.69 Å². The van der Waals surface area contributed by atoms with Crippen molar-refractivity contribution in [1.82, 2.24) is 15.5 Å². The molecule has 2 rings (SSSR count).